The molecule has 6 heteroatoms. The van der Waals surface area contributed by atoms with Crippen LogP contribution in [0.2, 0.25) is 5.02 Å². The highest BCUT2D eigenvalue weighted by molar-refractivity contribution is 6.32. The van der Waals surface area contributed by atoms with E-state index in [1.165, 1.54) is 4.68 Å². The Balaban J connectivity index is 2.92. The van der Waals surface area contributed by atoms with Gasteiger partial charge in [-0.1, -0.05) is 38.8 Å². The van der Waals surface area contributed by atoms with Crippen molar-refractivity contribution in [2.24, 2.45) is 11.7 Å². The van der Waals surface area contributed by atoms with Crippen LogP contribution in [0.3, 0.4) is 0 Å². The van der Waals surface area contributed by atoms with E-state index in [0.717, 1.165) is 12.8 Å². The van der Waals surface area contributed by atoms with Crippen LogP contribution < -0.4 is 16.6 Å². The topological polar surface area (TPSA) is 72.9 Å². The first-order chi connectivity index (χ1) is 8.99. The number of hydrogen-bond donors (Lipinski definition) is 2. The quantitative estimate of drug-likeness (QED) is 0.805. The Hall–Kier alpha value is -1.07. The van der Waals surface area contributed by atoms with Gasteiger partial charge >= 0.3 is 0 Å². The zero-order valence-electron chi connectivity index (χ0n) is 11.8. The van der Waals surface area contributed by atoms with Crippen LogP contribution in [0.15, 0.2) is 11.0 Å². The molecule has 0 aliphatic carbocycles. The summed E-state index contributed by atoms with van der Waals surface area (Å²) in [4.78, 5) is 12.1. The van der Waals surface area contributed by atoms with Gasteiger partial charge in [-0.3, -0.25) is 4.79 Å². The maximum Gasteiger partial charge on any atom is 0.287 e. The Morgan fingerprint density at radius 3 is 2.74 bits per heavy atom. The molecule has 0 aliphatic heterocycles. The van der Waals surface area contributed by atoms with Gasteiger partial charge in [-0.25, -0.2) is 4.68 Å². The molecular weight excluding hydrogens is 264 g/mol. The van der Waals surface area contributed by atoms with Crippen molar-refractivity contribution in [3.05, 3.63) is 21.6 Å². The van der Waals surface area contributed by atoms with Gasteiger partial charge in [0.05, 0.1) is 11.9 Å². The minimum Gasteiger partial charge on any atom is -0.378 e. The smallest absolute Gasteiger partial charge is 0.287 e. The summed E-state index contributed by atoms with van der Waals surface area (Å²) >= 11 is 6.11. The van der Waals surface area contributed by atoms with Crippen LogP contribution >= 0.6 is 11.6 Å². The molecule has 0 aromatic carbocycles. The van der Waals surface area contributed by atoms with E-state index in [1.807, 2.05) is 13.8 Å². The minimum absolute atomic E-state index is 0.115. The zero-order valence-corrected chi connectivity index (χ0v) is 12.6. The lowest BCUT2D eigenvalue weighted by molar-refractivity contribution is 0.464. The highest BCUT2D eigenvalue weighted by atomic mass is 35.5. The fourth-order valence-electron chi connectivity index (χ4n) is 1.86. The SMILES string of the molecule is CCCC(CN)Nc1cnn(CC(C)C)c(=O)c1Cl. The number of rotatable bonds is 7. The van der Waals surface area contributed by atoms with Crippen LogP contribution in [0, 0.1) is 5.92 Å². The Bertz CT molecular complexity index is 458. The van der Waals surface area contributed by atoms with Crippen molar-refractivity contribution in [1.29, 1.82) is 0 Å². The average Bonchev–Trinajstić information content (AvgIpc) is 2.37. The predicted molar refractivity (Wildman–Crippen MR) is 79.7 cm³/mol. The van der Waals surface area contributed by atoms with Gasteiger partial charge in [-0.15, -0.1) is 0 Å². The normalized spacial score (nSPS) is 12.7. The van der Waals surface area contributed by atoms with Crippen LogP contribution in [0.4, 0.5) is 5.69 Å². The average molecular weight is 287 g/mol. The van der Waals surface area contributed by atoms with Crippen molar-refractivity contribution >= 4 is 17.3 Å². The van der Waals surface area contributed by atoms with Crippen LogP contribution in [0.5, 0.6) is 0 Å². The summed E-state index contributed by atoms with van der Waals surface area (Å²) in [6.45, 7) is 7.21. The first kappa shape index (κ1) is 16.0. The van der Waals surface area contributed by atoms with Gasteiger partial charge in [0.2, 0.25) is 0 Å². The maximum absolute atomic E-state index is 12.1. The third kappa shape index (κ3) is 4.51. The third-order valence-electron chi connectivity index (χ3n) is 2.80. The summed E-state index contributed by atoms with van der Waals surface area (Å²) in [7, 11) is 0. The molecule has 0 radical (unpaired) electrons. The first-order valence-corrected chi connectivity index (χ1v) is 7.09. The molecule has 3 N–H and O–H groups in total. The Morgan fingerprint density at radius 1 is 1.53 bits per heavy atom. The zero-order chi connectivity index (χ0) is 14.4. The van der Waals surface area contributed by atoms with E-state index in [2.05, 4.69) is 17.3 Å². The van der Waals surface area contributed by atoms with E-state index in [9.17, 15) is 4.79 Å². The molecule has 5 nitrogen and oxygen atoms in total. The number of nitrogens with two attached hydrogens (primary N) is 1. The van der Waals surface area contributed by atoms with Gasteiger partial charge in [0.15, 0.2) is 0 Å². The van der Waals surface area contributed by atoms with Gasteiger partial charge in [0, 0.05) is 19.1 Å². The fraction of sp³-hybridized carbons (Fsp3) is 0.692. The first-order valence-electron chi connectivity index (χ1n) is 6.71. The van der Waals surface area contributed by atoms with Crippen molar-refractivity contribution in [2.75, 3.05) is 11.9 Å². The highest BCUT2D eigenvalue weighted by Gasteiger charge is 2.13. The van der Waals surface area contributed by atoms with Crippen LogP contribution in [-0.2, 0) is 6.54 Å². The van der Waals surface area contributed by atoms with Gasteiger partial charge in [-0.2, -0.15) is 5.10 Å². The largest absolute Gasteiger partial charge is 0.378 e. The van der Waals surface area contributed by atoms with Crippen molar-refractivity contribution in [1.82, 2.24) is 9.78 Å². The Morgan fingerprint density at radius 2 is 2.21 bits per heavy atom. The van der Waals surface area contributed by atoms with Gasteiger partial charge < -0.3 is 11.1 Å². The second-order valence-electron chi connectivity index (χ2n) is 5.12. The number of nitrogens with zero attached hydrogens (tertiary/aromatic N) is 2. The molecule has 108 valence electrons. The van der Waals surface area contributed by atoms with Crippen LogP contribution in [0.25, 0.3) is 0 Å². The molecule has 0 amide bonds. The van der Waals surface area contributed by atoms with E-state index in [-0.39, 0.29) is 16.6 Å². The summed E-state index contributed by atoms with van der Waals surface area (Å²) in [5.41, 5.74) is 5.99. The molecule has 1 heterocycles. The molecule has 1 atom stereocenters. The molecule has 0 aliphatic rings. The number of hydrogen-bond acceptors (Lipinski definition) is 4. The molecule has 1 unspecified atom stereocenters. The van der Waals surface area contributed by atoms with Crippen molar-refractivity contribution in [2.45, 2.75) is 46.2 Å². The lowest BCUT2D eigenvalue weighted by Gasteiger charge is -2.18. The summed E-state index contributed by atoms with van der Waals surface area (Å²) < 4.78 is 1.40. The van der Waals surface area contributed by atoms with Crippen LogP contribution in [-0.4, -0.2) is 22.4 Å². The number of nitrogens with one attached hydrogen (secondary N) is 1. The standard InChI is InChI=1S/C13H23ClN4O/c1-4-5-10(6-15)17-11-7-16-18(8-9(2)3)13(19)12(11)14/h7,9-10,17H,4-6,8,15H2,1-3H3. The van der Waals surface area contributed by atoms with Crippen molar-refractivity contribution in [3.8, 4) is 0 Å². The summed E-state index contributed by atoms with van der Waals surface area (Å²) in [5, 5.41) is 7.51. The molecule has 0 saturated carbocycles. The number of halogens is 1. The van der Waals surface area contributed by atoms with Gasteiger partial charge in [0.25, 0.3) is 5.56 Å². The minimum atomic E-state index is -0.257. The molecule has 19 heavy (non-hydrogen) atoms. The molecular formula is C13H23ClN4O. The van der Waals surface area contributed by atoms with Gasteiger partial charge in [-0.05, 0) is 12.3 Å². The highest BCUT2D eigenvalue weighted by Crippen LogP contribution is 2.17. The lowest BCUT2D eigenvalue weighted by Crippen LogP contribution is -2.31. The molecule has 0 saturated heterocycles. The predicted octanol–water partition coefficient (Wildman–Crippen LogP) is 2.09. The summed E-state index contributed by atoms with van der Waals surface area (Å²) in [5.74, 6) is 0.344. The molecule has 0 bridgehead atoms. The lowest BCUT2D eigenvalue weighted by atomic mass is 10.1. The molecule has 0 fully saturated rings. The van der Waals surface area contributed by atoms with E-state index in [4.69, 9.17) is 17.3 Å². The molecule has 0 spiro atoms. The fourth-order valence-corrected chi connectivity index (χ4v) is 2.06. The third-order valence-corrected chi connectivity index (χ3v) is 3.17. The Kier molecular flexibility index (Phi) is 6.31. The monoisotopic (exact) mass is 286 g/mol. The van der Waals surface area contributed by atoms with E-state index < -0.39 is 0 Å². The van der Waals surface area contributed by atoms with Crippen molar-refractivity contribution in [3.63, 3.8) is 0 Å². The Labute approximate surface area is 119 Å². The number of anilines is 1. The summed E-state index contributed by atoms with van der Waals surface area (Å²) in [6, 6.07) is 0.115. The summed E-state index contributed by atoms with van der Waals surface area (Å²) in [6.07, 6.45) is 3.55. The van der Waals surface area contributed by atoms with Crippen molar-refractivity contribution < 1.29 is 0 Å². The molecule has 1 rings (SSSR count). The van der Waals surface area contributed by atoms with Gasteiger partial charge in [0.1, 0.15) is 5.02 Å². The molecule has 1 aromatic rings. The second kappa shape index (κ2) is 7.50. The second-order valence-corrected chi connectivity index (χ2v) is 5.50. The number of aromatic nitrogens is 2. The van der Waals surface area contributed by atoms with E-state index >= 15 is 0 Å². The van der Waals surface area contributed by atoms with Crippen LogP contribution in [0.1, 0.15) is 33.6 Å². The molecule has 1 aromatic heterocycles. The van der Waals surface area contributed by atoms with E-state index in [0.29, 0.717) is 24.7 Å². The maximum atomic E-state index is 12.1. The van der Waals surface area contributed by atoms with E-state index in [1.54, 1.807) is 6.20 Å².